The highest BCUT2D eigenvalue weighted by Crippen LogP contribution is 2.38. The molecule has 0 saturated heterocycles. The third-order valence-electron chi connectivity index (χ3n) is 4.20. The summed E-state index contributed by atoms with van der Waals surface area (Å²) in [5.74, 6) is 0.451. The highest BCUT2D eigenvalue weighted by atomic mass is 32.1. The first-order chi connectivity index (χ1) is 14.6. The van der Waals surface area contributed by atoms with E-state index in [0.29, 0.717) is 17.2 Å². The summed E-state index contributed by atoms with van der Waals surface area (Å²) >= 11 is 1.41. The summed E-state index contributed by atoms with van der Waals surface area (Å²) in [6.45, 7) is -0.164. The van der Waals surface area contributed by atoms with E-state index in [1.807, 2.05) is 53.9 Å². The Bertz CT molecular complexity index is 1000. The molecule has 0 bridgehead atoms. The van der Waals surface area contributed by atoms with Crippen molar-refractivity contribution in [1.82, 2.24) is 10.3 Å². The van der Waals surface area contributed by atoms with Crippen LogP contribution in [0.15, 0.2) is 53.9 Å². The number of amides is 1. The smallest absolute Gasteiger partial charge is 0.325 e. The summed E-state index contributed by atoms with van der Waals surface area (Å²) in [6, 6.07) is 14.9. The highest BCUT2D eigenvalue weighted by molar-refractivity contribution is 7.13. The number of nitrogens with one attached hydrogen (secondary N) is 1. The lowest BCUT2D eigenvalue weighted by atomic mass is 10.1. The van der Waals surface area contributed by atoms with Crippen LogP contribution in [0.25, 0.3) is 10.6 Å². The molecular weight excluding hydrogens is 404 g/mol. The maximum Gasteiger partial charge on any atom is 0.325 e. The molecule has 0 saturated carbocycles. The summed E-state index contributed by atoms with van der Waals surface area (Å²) in [6.07, 6.45) is 0.214. The minimum absolute atomic E-state index is 0.0240. The second-order valence-electron chi connectivity index (χ2n) is 6.28. The fraction of sp³-hybridized carbons (Fsp3) is 0.227. The molecule has 156 valence electrons. The van der Waals surface area contributed by atoms with Crippen molar-refractivity contribution in [2.75, 3.05) is 20.8 Å². The van der Waals surface area contributed by atoms with E-state index in [9.17, 15) is 9.59 Å². The van der Waals surface area contributed by atoms with E-state index in [2.05, 4.69) is 10.3 Å². The number of carbonyl (C=O) groups excluding carboxylic acids is 2. The molecule has 0 fully saturated rings. The summed E-state index contributed by atoms with van der Waals surface area (Å²) < 4.78 is 16.0. The van der Waals surface area contributed by atoms with Crippen LogP contribution in [0.1, 0.15) is 11.3 Å². The zero-order chi connectivity index (χ0) is 21.3. The van der Waals surface area contributed by atoms with Crippen LogP contribution >= 0.6 is 11.3 Å². The molecule has 3 rings (SSSR count). The van der Waals surface area contributed by atoms with E-state index in [-0.39, 0.29) is 25.5 Å². The van der Waals surface area contributed by atoms with Gasteiger partial charge in [-0.3, -0.25) is 9.59 Å². The number of methoxy groups -OCH3 is 2. The Kier molecular flexibility index (Phi) is 7.40. The zero-order valence-corrected chi connectivity index (χ0v) is 17.5. The maximum absolute atomic E-state index is 11.9. The molecule has 0 aliphatic heterocycles. The third-order valence-corrected chi connectivity index (χ3v) is 5.13. The van der Waals surface area contributed by atoms with E-state index in [1.165, 1.54) is 11.3 Å². The summed E-state index contributed by atoms with van der Waals surface area (Å²) in [4.78, 5) is 28.4. The van der Waals surface area contributed by atoms with Crippen molar-refractivity contribution < 1.29 is 23.8 Å². The standard InChI is InChI=1S/C22H22N2O5S/c1-27-18-10-6-9-17(21(18)28-2)22-24-16(14-30-22)13-29-20(26)12-23-19(25)11-15-7-4-3-5-8-15/h3-10,14H,11-13H2,1-2H3,(H,23,25). The summed E-state index contributed by atoms with van der Waals surface area (Å²) in [5.41, 5.74) is 2.29. The predicted octanol–water partition coefficient (Wildman–Crippen LogP) is 3.23. The quantitative estimate of drug-likeness (QED) is 0.529. The van der Waals surface area contributed by atoms with E-state index >= 15 is 0 Å². The Morgan fingerprint density at radius 2 is 1.83 bits per heavy atom. The van der Waals surface area contributed by atoms with E-state index in [0.717, 1.165) is 16.1 Å². The van der Waals surface area contributed by atoms with Gasteiger partial charge in [-0.25, -0.2) is 4.98 Å². The Balaban J connectivity index is 1.51. The second-order valence-corrected chi connectivity index (χ2v) is 7.14. The fourth-order valence-corrected chi connectivity index (χ4v) is 3.60. The van der Waals surface area contributed by atoms with Crippen molar-refractivity contribution in [3.63, 3.8) is 0 Å². The molecule has 0 unspecified atom stereocenters. The first-order valence-corrected chi connectivity index (χ1v) is 10.1. The van der Waals surface area contributed by atoms with Gasteiger partial charge in [0.25, 0.3) is 0 Å². The van der Waals surface area contributed by atoms with Crippen molar-refractivity contribution in [3.8, 4) is 22.1 Å². The molecule has 1 heterocycles. The van der Waals surface area contributed by atoms with Crippen LogP contribution in [0.2, 0.25) is 0 Å². The molecule has 1 amide bonds. The number of aromatic nitrogens is 1. The summed E-state index contributed by atoms with van der Waals surface area (Å²) in [5, 5.41) is 5.11. The Labute approximate surface area is 178 Å². The molecule has 8 heteroatoms. The van der Waals surface area contributed by atoms with Gasteiger partial charge in [-0.1, -0.05) is 36.4 Å². The molecule has 1 aromatic heterocycles. The lowest BCUT2D eigenvalue weighted by Gasteiger charge is -2.10. The summed E-state index contributed by atoms with van der Waals surface area (Å²) in [7, 11) is 3.15. The average molecular weight is 426 g/mol. The number of esters is 1. The average Bonchev–Trinajstić information content (AvgIpc) is 3.25. The molecule has 0 radical (unpaired) electrons. The molecule has 0 aliphatic rings. The normalized spacial score (nSPS) is 10.3. The number of ether oxygens (including phenoxy) is 3. The molecule has 0 aliphatic carbocycles. The molecule has 0 atom stereocenters. The van der Waals surface area contributed by atoms with Gasteiger partial charge in [0.2, 0.25) is 5.91 Å². The van der Waals surface area contributed by atoms with Crippen molar-refractivity contribution in [3.05, 3.63) is 65.2 Å². The topological polar surface area (TPSA) is 86.8 Å². The van der Waals surface area contributed by atoms with Gasteiger partial charge < -0.3 is 19.5 Å². The third kappa shape index (κ3) is 5.57. The van der Waals surface area contributed by atoms with E-state index in [1.54, 1.807) is 14.2 Å². The number of hydrogen-bond donors (Lipinski definition) is 1. The minimum Gasteiger partial charge on any atom is -0.493 e. The number of hydrogen-bond acceptors (Lipinski definition) is 7. The molecule has 30 heavy (non-hydrogen) atoms. The number of thiazole rings is 1. The van der Waals surface area contributed by atoms with Crippen molar-refractivity contribution in [1.29, 1.82) is 0 Å². The number of benzene rings is 2. The van der Waals surface area contributed by atoms with Crippen LogP contribution in [-0.2, 0) is 27.4 Å². The van der Waals surface area contributed by atoms with Crippen LogP contribution in [0.4, 0.5) is 0 Å². The Morgan fingerprint density at radius 3 is 2.57 bits per heavy atom. The Hall–Kier alpha value is -3.39. The number of rotatable bonds is 9. The van der Waals surface area contributed by atoms with Crippen LogP contribution in [0, 0.1) is 0 Å². The highest BCUT2D eigenvalue weighted by Gasteiger charge is 2.15. The van der Waals surface area contributed by atoms with Gasteiger partial charge in [-0.05, 0) is 17.7 Å². The van der Waals surface area contributed by atoms with E-state index in [4.69, 9.17) is 14.2 Å². The van der Waals surface area contributed by atoms with Gasteiger partial charge in [-0.2, -0.15) is 0 Å². The monoisotopic (exact) mass is 426 g/mol. The predicted molar refractivity (Wildman–Crippen MR) is 114 cm³/mol. The fourth-order valence-electron chi connectivity index (χ4n) is 2.77. The van der Waals surface area contributed by atoms with Gasteiger partial charge in [0, 0.05) is 5.38 Å². The molecule has 3 aromatic rings. The van der Waals surface area contributed by atoms with Crippen molar-refractivity contribution in [2.24, 2.45) is 0 Å². The lowest BCUT2D eigenvalue weighted by molar-refractivity contribution is -0.145. The largest absolute Gasteiger partial charge is 0.493 e. The molecule has 0 spiro atoms. The van der Waals surface area contributed by atoms with Gasteiger partial charge in [-0.15, -0.1) is 11.3 Å². The van der Waals surface area contributed by atoms with Crippen molar-refractivity contribution >= 4 is 23.2 Å². The van der Waals surface area contributed by atoms with Gasteiger partial charge in [0.1, 0.15) is 18.2 Å². The minimum atomic E-state index is -0.523. The molecule has 1 N–H and O–H groups in total. The van der Waals surface area contributed by atoms with Gasteiger partial charge in [0.05, 0.1) is 31.9 Å². The molecule has 7 nitrogen and oxygen atoms in total. The molecule has 2 aromatic carbocycles. The number of nitrogens with zero attached hydrogens (tertiary/aromatic N) is 1. The van der Waals surface area contributed by atoms with Crippen LogP contribution in [0.3, 0.4) is 0 Å². The maximum atomic E-state index is 11.9. The van der Waals surface area contributed by atoms with Crippen LogP contribution in [0.5, 0.6) is 11.5 Å². The van der Waals surface area contributed by atoms with Crippen molar-refractivity contribution in [2.45, 2.75) is 13.0 Å². The lowest BCUT2D eigenvalue weighted by Crippen LogP contribution is -2.31. The Morgan fingerprint density at radius 1 is 1.03 bits per heavy atom. The first kappa shape index (κ1) is 21.3. The van der Waals surface area contributed by atoms with Gasteiger partial charge >= 0.3 is 5.97 Å². The first-order valence-electron chi connectivity index (χ1n) is 9.22. The van der Waals surface area contributed by atoms with Crippen LogP contribution in [-0.4, -0.2) is 37.6 Å². The van der Waals surface area contributed by atoms with Crippen LogP contribution < -0.4 is 14.8 Å². The number of carbonyl (C=O) groups is 2. The van der Waals surface area contributed by atoms with Gasteiger partial charge in [0.15, 0.2) is 11.5 Å². The van der Waals surface area contributed by atoms with E-state index < -0.39 is 5.97 Å². The zero-order valence-electron chi connectivity index (χ0n) is 16.7. The second kappa shape index (κ2) is 10.4. The number of para-hydroxylation sites is 1. The SMILES string of the molecule is COc1cccc(-c2nc(COC(=O)CNC(=O)Cc3ccccc3)cs2)c1OC. The molecular formula is C22H22N2O5S.